The van der Waals surface area contributed by atoms with Crippen LogP contribution in [-0.2, 0) is 4.84 Å². The molecule has 0 aromatic carbocycles. The van der Waals surface area contributed by atoms with E-state index in [1.165, 1.54) is 7.11 Å². The minimum absolute atomic E-state index is 0.197. The number of aryl methyl sites for hydroxylation is 1. The Balaban J connectivity index is 2.69. The summed E-state index contributed by atoms with van der Waals surface area (Å²) >= 11 is 1.54. The zero-order chi connectivity index (χ0) is 8.27. The van der Waals surface area contributed by atoms with E-state index >= 15 is 0 Å². The van der Waals surface area contributed by atoms with Gasteiger partial charge in [-0.1, -0.05) is 0 Å². The molecule has 0 fully saturated rings. The van der Waals surface area contributed by atoms with Crippen LogP contribution >= 0.6 is 11.3 Å². The summed E-state index contributed by atoms with van der Waals surface area (Å²) in [4.78, 5) is 16.6. The Labute approximate surface area is 68.9 Å². The smallest absolute Gasteiger partial charge is 0.275 e. The number of carbonyl (C=O) groups excluding carboxylic acids is 1. The first kappa shape index (κ1) is 8.23. The molecule has 0 aliphatic rings. The molecule has 0 aliphatic heterocycles. The van der Waals surface area contributed by atoms with Crippen LogP contribution in [0.3, 0.4) is 0 Å². The van der Waals surface area contributed by atoms with Gasteiger partial charge in [-0.25, -0.2) is 5.48 Å². The SMILES string of the molecule is CONC(=O)c1csc(C)c1. The summed E-state index contributed by atoms with van der Waals surface area (Å²) in [5.41, 5.74) is 2.89. The third-order valence-electron chi connectivity index (χ3n) is 1.19. The average molecular weight is 171 g/mol. The normalized spacial score (nSPS) is 9.64. The maximum Gasteiger partial charge on any atom is 0.275 e. The zero-order valence-electron chi connectivity index (χ0n) is 6.38. The molecule has 0 saturated carbocycles. The van der Waals surface area contributed by atoms with Crippen molar-refractivity contribution < 1.29 is 9.63 Å². The first-order valence-electron chi connectivity index (χ1n) is 3.12. The van der Waals surface area contributed by atoms with Crippen LogP contribution in [0.5, 0.6) is 0 Å². The Morgan fingerprint density at radius 3 is 2.91 bits per heavy atom. The van der Waals surface area contributed by atoms with Gasteiger partial charge in [-0.15, -0.1) is 11.3 Å². The molecule has 0 unspecified atom stereocenters. The van der Waals surface area contributed by atoms with Gasteiger partial charge in [-0.2, -0.15) is 0 Å². The van der Waals surface area contributed by atoms with Gasteiger partial charge in [0.05, 0.1) is 12.7 Å². The van der Waals surface area contributed by atoms with Crippen LogP contribution in [0.25, 0.3) is 0 Å². The summed E-state index contributed by atoms with van der Waals surface area (Å²) in [6.07, 6.45) is 0. The summed E-state index contributed by atoms with van der Waals surface area (Å²) in [5, 5.41) is 1.80. The maximum absolute atomic E-state index is 11.0. The third-order valence-corrected chi connectivity index (χ3v) is 2.05. The summed E-state index contributed by atoms with van der Waals surface area (Å²) in [7, 11) is 1.41. The minimum Gasteiger partial charge on any atom is -0.277 e. The van der Waals surface area contributed by atoms with E-state index in [-0.39, 0.29) is 5.91 Å². The average Bonchev–Trinajstić information content (AvgIpc) is 2.36. The van der Waals surface area contributed by atoms with Gasteiger partial charge in [0.25, 0.3) is 5.91 Å². The molecule has 0 saturated heterocycles. The van der Waals surface area contributed by atoms with Crippen LogP contribution in [0.2, 0.25) is 0 Å². The topological polar surface area (TPSA) is 38.3 Å². The van der Waals surface area contributed by atoms with Gasteiger partial charge in [-0.3, -0.25) is 9.63 Å². The van der Waals surface area contributed by atoms with E-state index < -0.39 is 0 Å². The van der Waals surface area contributed by atoms with E-state index in [0.717, 1.165) is 4.88 Å². The van der Waals surface area contributed by atoms with Crippen molar-refractivity contribution in [2.45, 2.75) is 6.92 Å². The van der Waals surface area contributed by atoms with Crippen molar-refractivity contribution in [3.05, 3.63) is 21.9 Å². The van der Waals surface area contributed by atoms with Crippen molar-refractivity contribution in [2.24, 2.45) is 0 Å². The quantitative estimate of drug-likeness (QED) is 0.682. The number of hydroxylamine groups is 1. The fourth-order valence-corrected chi connectivity index (χ4v) is 1.40. The van der Waals surface area contributed by atoms with E-state index in [9.17, 15) is 4.79 Å². The highest BCUT2D eigenvalue weighted by Gasteiger charge is 2.05. The Bertz CT molecular complexity index is 257. The van der Waals surface area contributed by atoms with Gasteiger partial charge >= 0.3 is 0 Å². The first-order chi connectivity index (χ1) is 5.24. The number of nitrogens with one attached hydrogen (secondary N) is 1. The third kappa shape index (κ3) is 2.03. The molecular formula is C7H9NO2S. The molecule has 0 spiro atoms. The summed E-state index contributed by atoms with van der Waals surface area (Å²) in [6, 6.07) is 1.82. The predicted molar refractivity (Wildman–Crippen MR) is 43.5 cm³/mol. The summed E-state index contributed by atoms with van der Waals surface area (Å²) in [5.74, 6) is -0.197. The van der Waals surface area contributed by atoms with E-state index in [1.54, 1.807) is 16.7 Å². The number of hydrogen-bond donors (Lipinski definition) is 1. The van der Waals surface area contributed by atoms with Crippen molar-refractivity contribution in [3.8, 4) is 0 Å². The fraction of sp³-hybridized carbons (Fsp3) is 0.286. The van der Waals surface area contributed by atoms with Crippen molar-refractivity contribution in [2.75, 3.05) is 7.11 Å². The van der Waals surface area contributed by atoms with Gasteiger partial charge in [0, 0.05) is 10.3 Å². The lowest BCUT2D eigenvalue weighted by Crippen LogP contribution is -2.20. The molecule has 60 valence electrons. The molecule has 1 N–H and O–H groups in total. The maximum atomic E-state index is 11.0. The van der Waals surface area contributed by atoms with Crippen molar-refractivity contribution >= 4 is 17.2 Å². The number of rotatable bonds is 2. The molecule has 1 aromatic rings. The predicted octanol–water partition coefficient (Wildman–Crippen LogP) is 1.35. The Morgan fingerprint density at radius 1 is 1.73 bits per heavy atom. The number of amides is 1. The number of thiophene rings is 1. The second kappa shape index (κ2) is 3.50. The lowest BCUT2D eigenvalue weighted by atomic mass is 10.3. The molecule has 0 bridgehead atoms. The highest BCUT2D eigenvalue weighted by atomic mass is 32.1. The molecule has 3 nitrogen and oxygen atoms in total. The van der Waals surface area contributed by atoms with E-state index in [0.29, 0.717) is 5.56 Å². The van der Waals surface area contributed by atoms with Crippen LogP contribution in [-0.4, -0.2) is 13.0 Å². The lowest BCUT2D eigenvalue weighted by molar-refractivity contribution is 0.0538. The molecule has 4 heteroatoms. The summed E-state index contributed by atoms with van der Waals surface area (Å²) < 4.78 is 0. The van der Waals surface area contributed by atoms with Crippen LogP contribution in [0, 0.1) is 6.92 Å². The molecule has 1 heterocycles. The highest BCUT2D eigenvalue weighted by molar-refractivity contribution is 7.10. The standard InChI is InChI=1S/C7H9NO2S/c1-5-3-6(4-11-5)7(9)8-10-2/h3-4H,1-2H3,(H,8,9). The van der Waals surface area contributed by atoms with Crippen molar-refractivity contribution in [3.63, 3.8) is 0 Å². The Morgan fingerprint density at radius 2 is 2.45 bits per heavy atom. The first-order valence-corrected chi connectivity index (χ1v) is 4.00. The van der Waals surface area contributed by atoms with Gasteiger partial charge in [0.2, 0.25) is 0 Å². The van der Waals surface area contributed by atoms with Gasteiger partial charge in [0.15, 0.2) is 0 Å². The molecule has 11 heavy (non-hydrogen) atoms. The van der Waals surface area contributed by atoms with Crippen molar-refractivity contribution in [1.82, 2.24) is 5.48 Å². The molecular weight excluding hydrogens is 162 g/mol. The Hall–Kier alpha value is -0.870. The molecule has 0 aliphatic carbocycles. The van der Waals surface area contributed by atoms with Crippen LogP contribution < -0.4 is 5.48 Å². The van der Waals surface area contributed by atoms with E-state index in [4.69, 9.17) is 0 Å². The zero-order valence-corrected chi connectivity index (χ0v) is 7.20. The Kier molecular flexibility index (Phi) is 2.62. The molecule has 1 rings (SSSR count). The number of carbonyl (C=O) groups is 1. The second-order valence-electron chi connectivity index (χ2n) is 2.08. The van der Waals surface area contributed by atoms with Gasteiger partial charge in [0.1, 0.15) is 0 Å². The molecule has 1 aromatic heterocycles. The largest absolute Gasteiger partial charge is 0.277 e. The minimum atomic E-state index is -0.197. The fourth-order valence-electron chi connectivity index (χ4n) is 0.714. The van der Waals surface area contributed by atoms with Crippen LogP contribution in [0.1, 0.15) is 15.2 Å². The van der Waals surface area contributed by atoms with Crippen LogP contribution in [0.15, 0.2) is 11.4 Å². The molecule has 1 amide bonds. The van der Waals surface area contributed by atoms with Crippen molar-refractivity contribution in [1.29, 1.82) is 0 Å². The van der Waals surface area contributed by atoms with E-state index in [2.05, 4.69) is 10.3 Å². The van der Waals surface area contributed by atoms with Gasteiger partial charge < -0.3 is 0 Å². The lowest BCUT2D eigenvalue weighted by Gasteiger charge is -1.96. The second-order valence-corrected chi connectivity index (χ2v) is 3.20. The summed E-state index contributed by atoms with van der Waals surface area (Å²) in [6.45, 7) is 1.95. The monoisotopic (exact) mass is 171 g/mol. The molecule has 0 atom stereocenters. The van der Waals surface area contributed by atoms with E-state index in [1.807, 2.05) is 13.0 Å². The highest BCUT2D eigenvalue weighted by Crippen LogP contribution is 2.12. The number of hydrogen-bond acceptors (Lipinski definition) is 3. The van der Waals surface area contributed by atoms with Gasteiger partial charge in [-0.05, 0) is 13.0 Å². The molecule has 0 radical (unpaired) electrons. The van der Waals surface area contributed by atoms with Crippen LogP contribution in [0.4, 0.5) is 0 Å².